The van der Waals surface area contributed by atoms with Crippen molar-refractivity contribution in [1.82, 2.24) is 4.90 Å². The van der Waals surface area contributed by atoms with Gasteiger partial charge in [-0.2, -0.15) is 0 Å². The van der Waals surface area contributed by atoms with Crippen LogP contribution in [-0.2, 0) is 0 Å². The first-order valence-corrected chi connectivity index (χ1v) is 5.59. The summed E-state index contributed by atoms with van der Waals surface area (Å²) in [6, 6.07) is 3.77. The van der Waals surface area contributed by atoms with Gasteiger partial charge in [-0.15, -0.1) is 0 Å². The number of hydrogen-bond donors (Lipinski definition) is 2. The first kappa shape index (κ1) is 14.7. The van der Waals surface area contributed by atoms with E-state index in [-0.39, 0.29) is 29.4 Å². The summed E-state index contributed by atoms with van der Waals surface area (Å²) in [6.07, 6.45) is -2.66. The van der Waals surface area contributed by atoms with Crippen molar-refractivity contribution in [2.75, 3.05) is 19.6 Å². The average Bonchev–Trinajstić information content (AvgIpc) is 2.30. The van der Waals surface area contributed by atoms with Crippen LogP contribution in [0.5, 0.6) is 5.75 Å². The van der Waals surface area contributed by atoms with Gasteiger partial charge >= 0.3 is 0 Å². The van der Waals surface area contributed by atoms with Crippen LogP contribution in [0.1, 0.15) is 10.4 Å². The van der Waals surface area contributed by atoms with E-state index >= 15 is 0 Å². The monoisotopic (exact) mass is 278 g/mol. The molecule has 1 amide bonds. The first-order valence-electron chi connectivity index (χ1n) is 5.21. The molecule has 0 aliphatic carbocycles. The summed E-state index contributed by atoms with van der Waals surface area (Å²) >= 11 is 5.79. The maximum absolute atomic E-state index is 12.3. The topological polar surface area (TPSA) is 66.6 Å². The van der Waals surface area contributed by atoms with Crippen molar-refractivity contribution in [2.45, 2.75) is 6.43 Å². The Kier molecular flexibility index (Phi) is 5.30. The third-order valence-electron chi connectivity index (χ3n) is 2.22. The van der Waals surface area contributed by atoms with Crippen molar-refractivity contribution in [3.63, 3.8) is 0 Å². The van der Waals surface area contributed by atoms with Gasteiger partial charge in [0, 0.05) is 13.1 Å². The van der Waals surface area contributed by atoms with E-state index in [1.54, 1.807) is 0 Å². The number of nitrogens with two attached hydrogens (primary N) is 1. The highest BCUT2D eigenvalue weighted by molar-refractivity contribution is 6.33. The Labute approximate surface area is 108 Å². The van der Waals surface area contributed by atoms with Gasteiger partial charge in [-0.05, 0) is 18.2 Å². The quantitative estimate of drug-likeness (QED) is 0.862. The molecule has 1 aromatic rings. The van der Waals surface area contributed by atoms with E-state index in [0.717, 1.165) is 11.0 Å². The van der Waals surface area contributed by atoms with Crippen LogP contribution in [0.15, 0.2) is 18.2 Å². The minimum absolute atomic E-state index is 0.00480. The molecule has 3 N–H and O–H groups in total. The van der Waals surface area contributed by atoms with Crippen LogP contribution < -0.4 is 5.73 Å². The number of hydrogen-bond acceptors (Lipinski definition) is 3. The van der Waals surface area contributed by atoms with Gasteiger partial charge in [-0.25, -0.2) is 8.78 Å². The molecule has 0 saturated carbocycles. The third kappa shape index (κ3) is 3.82. The molecule has 7 heteroatoms. The number of amides is 1. The lowest BCUT2D eigenvalue weighted by Crippen LogP contribution is -2.38. The third-order valence-corrected chi connectivity index (χ3v) is 2.55. The molecule has 0 aliphatic rings. The second-order valence-electron chi connectivity index (χ2n) is 3.60. The molecule has 4 nitrogen and oxygen atoms in total. The maximum Gasteiger partial charge on any atom is 0.255 e. The van der Waals surface area contributed by atoms with Crippen LogP contribution >= 0.6 is 11.6 Å². The van der Waals surface area contributed by atoms with E-state index in [1.807, 2.05) is 0 Å². The van der Waals surface area contributed by atoms with Crippen molar-refractivity contribution in [1.29, 1.82) is 0 Å². The van der Waals surface area contributed by atoms with Gasteiger partial charge in [0.2, 0.25) is 0 Å². The van der Waals surface area contributed by atoms with Gasteiger partial charge < -0.3 is 15.7 Å². The van der Waals surface area contributed by atoms with Gasteiger partial charge in [-0.3, -0.25) is 4.79 Å². The zero-order valence-corrected chi connectivity index (χ0v) is 10.2. The molecule has 0 aliphatic heterocycles. The Bertz CT molecular complexity index is 430. The standard InChI is InChI=1S/C11H13ClF2N2O2/c12-9-2-1-7(17)5-8(9)11(18)16(4-3-15)6-10(13)14/h1-2,5,10,17H,3-4,6,15H2. The van der Waals surface area contributed by atoms with Crippen molar-refractivity contribution < 1.29 is 18.7 Å². The van der Waals surface area contributed by atoms with Gasteiger partial charge in [0.15, 0.2) is 0 Å². The number of benzene rings is 1. The number of carbonyl (C=O) groups excluding carboxylic acids is 1. The van der Waals surface area contributed by atoms with Crippen LogP contribution in [0.4, 0.5) is 8.78 Å². The molecule has 0 fully saturated rings. The van der Waals surface area contributed by atoms with E-state index < -0.39 is 18.9 Å². The molecule has 18 heavy (non-hydrogen) atoms. The van der Waals surface area contributed by atoms with Crippen LogP contribution in [0, 0.1) is 0 Å². The molecular weight excluding hydrogens is 266 g/mol. The van der Waals surface area contributed by atoms with Crippen LogP contribution in [-0.4, -0.2) is 42.0 Å². The Morgan fingerprint density at radius 3 is 2.72 bits per heavy atom. The Hall–Kier alpha value is -1.40. The fourth-order valence-corrected chi connectivity index (χ4v) is 1.64. The average molecular weight is 279 g/mol. The van der Waals surface area contributed by atoms with E-state index in [1.165, 1.54) is 12.1 Å². The Balaban J connectivity index is 2.97. The van der Waals surface area contributed by atoms with Crippen molar-refractivity contribution in [3.8, 4) is 5.75 Å². The summed E-state index contributed by atoms with van der Waals surface area (Å²) < 4.78 is 24.7. The number of phenols is 1. The number of carbonyl (C=O) groups is 1. The minimum Gasteiger partial charge on any atom is -0.508 e. The highest BCUT2D eigenvalue weighted by Gasteiger charge is 2.21. The smallest absolute Gasteiger partial charge is 0.255 e. The van der Waals surface area contributed by atoms with E-state index in [4.69, 9.17) is 17.3 Å². The SMILES string of the molecule is NCCN(CC(F)F)C(=O)c1cc(O)ccc1Cl. The molecule has 1 aromatic carbocycles. The summed E-state index contributed by atoms with van der Waals surface area (Å²) in [7, 11) is 0. The molecule has 0 atom stereocenters. The number of halogens is 3. The van der Waals surface area contributed by atoms with E-state index in [9.17, 15) is 18.7 Å². The van der Waals surface area contributed by atoms with Crippen molar-refractivity contribution in [3.05, 3.63) is 28.8 Å². The van der Waals surface area contributed by atoms with E-state index in [2.05, 4.69) is 0 Å². The van der Waals surface area contributed by atoms with Gasteiger partial charge in [0.05, 0.1) is 17.1 Å². The highest BCUT2D eigenvalue weighted by Crippen LogP contribution is 2.22. The van der Waals surface area contributed by atoms with Crippen LogP contribution in [0.3, 0.4) is 0 Å². The molecule has 0 unspecified atom stereocenters. The summed E-state index contributed by atoms with van der Waals surface area (Å²) in [5.74, 6) is -0.839. The molecule has 0 aromatic heterocycles. The number of alkyl halides is 2. The summed E-state index contributed by atoms with van der Waals surface area (Å²) in [4.78, 5) is 12.9. The highest BCUT2D eigenvalue weighted by atomic mass is 35.5. The van der Waals surface area contributed by atoms with Gasteiger partial charge in [0.25, 0.3) is 12.3 Å². The fraction of sp³-hybridized carbons (Fsp3) is 0.364. The predicted molar refractivity (Wildman–Crippen MR) is 64.1 cm³/mol. The molecule has 0 spiro atoms. The van der Waals surface area contributed by atoms with E-state index in [0.29, 0.717) is 0 Å². The lowest BCUT2D eigenvalue weighted by molar-refractivity contribution is 0.0563. The Morgan fingerprint density at radius 1 is 1.50 bits per heavy atom. The fourth-order valence-electron chi connectivity index (χ4n) is 1.45. The first-order chi connectivity index (χ1) is 8.45. The maximum atomic E-state index is 12.3. The zero-order valence-electron chi connectivity index (χ0n) is 9.44. The van der Waals surface area contributed by atoms with Crippen molar-refractivity contribution in [2.24, 2.45) is 5.73 Å². The lowest BCUT2D eigenvalue weighted by Gasteiger charge is -2.22. The molecule has 0 bridgehead atoms. The lowest BCUT2D eigenvalue weighted by atomic mass is 10.2. The molecule has 0 saturated heterocycles. The van der Waals surface area contributed by atoms with Crippen molar-refractivity contribution >= 4 is 17.5 Å². The second kappa shape index (κ2) is 6.51. The zero-order chi connectivity index (χ0) is 13.7. The number of aromatic hydroxyl groups is 1. The predicted octanol–water partition coefficient (Wildman–Crippen LogP) is 1.71. The van der Waals surface area contributed by atoms with Gasteiger partial charge in [-0.1, -0.05) is 11.6 Å². The normalized spacial score (nSPS) is 10.7. The molecule has 1 rings (SSSR count). The number of phenolic OH excluding ortho intramolecular Hbond substituents is 1. The Morgan fingerprint density at radius 2 is 2.17 bits per heavy atom. The van der Waals surface area contributed by atoms with Crippen LogP contribution in [0.25, 0.3) is 0 Å². The summed E-state index contributed by atoms with van der Waals surface area (Å²) in [6.45, 7) is -0.661. The van der Waals surface area contributed by atoms with Crippen LogP contribution in [0.2, 0.25) is 5.02 Å². The summed E-state index contributed by atoms with van der Waals surface area (Å²) in [5.41, 5.74) is 5.25. The minimum atomic E-state index is -2.66. The number of rotatable bonds is 5. The van der Waals surface area contributed by atoms with Gasteiger partial charge in [0.1, 0.15) is 5.75 Å². The molecule has 0 radical (unpaired) electrons. The molecule has 100 valence electrons. The summed E-state index contributed by atoms with van der Waals surface area (Å²) in [5, 5.41) is 9.37. The number of nitrogens with zero attached hydrogens (tertiary/aromatic N) is 1. The molecular formula is C11H13ClF2N2O2. The second-order valence-corrected chi connectivity index (χ2v) is 4.00. The largest absolute Gasteiger partial charge is 0.508 e. The molecule has 0 heterocycles.